The first-order chi connectivity index (χ1) is 13.4. The van der Waals surface area contributed by atoms with Crippen LogP contribution in [0, 0.1) is 0 Å². The predicted octanol–water partition coefficient (Wildman–Crippen LogP) is 2.78. The molecule has 0 radical (unpaired) electrons. The molecule has 0 aliphatic carbocycles. The number of halogens is 1. The van der Waals surface area contributed by atoms with Gasteiger partial charge in [0.2, 0.25) is 17.2 Å². The van der Waals surface area contributed by atoms with Crippen molar-refractivity contribution >= 4 is 23.5 Å². The van der Waals surface area contributed by atoms with Crippen LogP contribution in [-0.4, -0.2) is 27.5 Å². The van der Waals surface area contributed by atoms with Crippen LogP contribution < -0.4 is 19.8 Å². The van der Waals surface area contributed by atoms with Crippen LogP contribution in [0.15, 0.2) is 49.1 Å². The second-order valence-electron chi connectivity index (χ2n) is 6.59. The molecule has 8 heteroatoms. The zero-order valence-electron chi connectivity index (χ0n) is 17.0. The van der Waals surface area contributed by atoms with Gasteiger partial charge in [-0.25, -0.2) is 9.13 Å². The molecule has 0 fully saturated rings. The van der Waals surface area contributed by atoms with E-state index in [0.717, 1.165) is 6.54 Å². The molecule has 3 heterocycles. The molecule has 0 spiro atoms. The van der Waals surface area contributed by atoms with Gasteiger partial charge in [0, 0.05) is 36.9 Å². The highest BCUT2D eigenvalue weighted by atomic mass is 35.5. The van der Waals surface area contributed by atoms with Crippen molar-refractivity contribution in [1.82, 2.24) is 15.0 Å². The highest BCUT2D eigenvalue weighted by Crippen LogP contribution is 2.15. The number of nitrogens with one attached hydrogen (secondary N) is 2. The Morgan fingerprint density at radius 3 is 1.75 bits per heavy atom. The molecule has 3 rings (SSSR count). The number of pyridine rings is 2. The normalized spacial score (nSPS) is 10.2. The minimum Gasteiger partial charge on any atom is -0.354 e. The van der Waals surface area contributed by atoms with Crippen molar-refractivity contribution in [3.63, 3.8) is 0 Å². The van der Waals surface area contributed by atoms with Crippen LogP contribution in [0.5, 0.6) is 0 Å². The van der Waals surface area contributed by atoms with Crippen molar-refractivity contribution in [3.8, 4) is 11.1 Å². The Morgan fingerprint density at radius 2 is 1.32 bits per heavy atom. The van der Waals surface area contributed by atoms with E-state index in [2.05, 4.69) is 74.6 Å². The number of hydrogen-bond donors (Lipinski definition) is 2. The average molecular weight is 402 g/mol. The second-order valence-corrected chi connectivity index (χ2v) is 6.92. The van der Waals surface area contributed by atoms with Gasteiger partial charge in [0.25, 0.3) is 0 Å². The van der Waals surface area contributed by atoms with Gasteiger partial charge in [-0.15, -0.1) is 0 Å². The number of hydrogen-bond acceptors (Lipinski definition) is 5. The highest BCUT2D eigenvalue weighted by molar-refractivity contribution is 6.28. The molecule has 0 unspecified atom stereocenters. The van der Waals surface area contributed by atoms with Gasteiger partial charge >= 0.3 is 0 Å². The summed E-state index contributed by atoms with van der Waals surface area (Å²) >= 11 is 5.73. The third kappa shape index (κ3) is 7.08. The second kappa shape index (κ2) is 10.5. The summed E-state index contributed by atoms with van der Waals surface area (Å²) in [5, 5.41) is 6.23. The standard InChI is InChI=1S/C12H14N2.C8H14ClN5/c1-13-7-3-11(4-8-13)12-5-9-14(2)10-6-12;1-4-10-7-12-6(9)13-8(14-7)11-5(2)3/h3-10H,1-2H3;5H,4H2,1-3H3,(H2,10,11,12,13,14)/q+2;. The van der Waals surface area contributed by atoms with Gasteiger partial charge in [-0.1, -0.05) is 0 Å². The van der Waals surface area contributed by atoms with Crippen LogP contribution in [0.2, 0.25) is 5.28 Å². The fraction of sp³-hybridized carbons (Fsp3) is 0.350. The summed E-state index contributed by atoms with van der Waals surface area (Å²) in [6.07, 6.45) is 8.23. The Bertz CT molecular complexity index is 821. The van der Waals surface area contributed by atoms with E-state index < -0.39 is 0 Å². The van der Waals surface area contributed by atoms with Crippen LogP contribution in [0.4, 0.5) is 11.9 Å². The summed E-state index contributed by atoms with van der Waals surface area (Å²) in [5.41, 5.74) is 2.51. The van der Waals surface area contributed by atoms with Crippen molar-refractivity contribution in [2.24, 2.45) is 14.1 Å². The molecule has 7 nitrogen and oxygen atoms in total. The van der Waals surface area contributed by atoms with Gasteiger partial charge in [-0.3, -0.25) is 0 Å². The number of aryl methyl sites for hydroxylation is 2. The van der Waals surface area contributed by atoms with Gasteiger partial charge in [0.05, 0.1) is 0 Å². The number of anilines is 2. The number of rotatable bonds is 5. The summed E-state index contributed by atoms with van der Waals surface area (Å²) < 4.78 is 4.07. The summed E-state index contributed by atoms with van der Waals surface area (Å²) in [7, 11) is 4.05. The summed E-state index contributed by atoms with van der Waals surface area (Å²) in [6, 6.07) is 8.75. The lowest BCUT2D eigenvalue weighted by molar-refractivity contribution is -0.671. The largest absolute Gasteiger partial charge is 0.354 e. The van der Waals surface area contributed by atoms with Gasteiger partial charge in [0.1, 0.15) is 14.1 Å². The molecular formula is C20H28ClN7+2. The molecule has 0 aromatic carbocycles. The lowest BCUT2D eigenvalue weighted by atomic mass is 10.1. The van der Waals surface area contributed by atoms with Crippen LogP contribution >= 0.6 is 11.6 Å². The zero-order chi connectivity index (χ0) is 20.5. The maximum Gasteiger partial charge on any atom is 0.228 e. The van der Waals surface area contributed by atoms with E-state index in [1.165, 1.54) is 11.1 Å². The maximum atomic E-state index is 5.73. The Balaban J connectivity index is 0.000000200. The summed E-state index contributed by atoms with van der Waals surface area (Å²) in [5.74, 6) is 0.992. The molecular weight excluding hydrogens is 374 g/mol. The molecule has 2 N–H and O–H groups in total. The van der Waals surface area contributed by atoms with E-state index in [0.29, 0.717) is 11.9 Å². The topological polar surface area (TPSA) is 70.5 Å². The zero-order valence-corrected chi connectivity index (χ0v) is 17.8. The third-order valence-corrected chi connectivity index (χ3v) is 3.82. The minimum atomic E-state index is 0.194. The molecule has 0 saturated heterocycles. The van der Waals surface area contributed by atoms with Gasteiger partial charge in [-0.2, -0.15) is 15.0 Å². The first-order valence-corrected chi connectivity index (χ1v) is 9.58. The molecule has 0 atom stereocenters. The molecule has 0 bridgehead atoms. The van der Waals surface area contributed by atoms with Crippen LogP contribution in [0.25, 0.3) is 11.1 Å². The summed E-state index contributed by atoms with van der Waals surface area (Å²) in [4.78, 5) is 12.0. The van der Waals surface area contributed by atoms with Crippen molar-refractivity contribution in [3.05, 3.63) is 54.3 Å². The molecule has 0 amide bonds. The van der Waals surface area contributed by atoms with Crippen LogP contribution in [0.1, 0.15) is 20.8 Å². The Kier molecular flexibility index (Phi) is 8.07. The Hall–Kier alpha value is -2.80. The van der Waals surface area contributed by atoms with E-state index in [1.54, 1.807) is 0 Å². The molecule has 0 saturated carbocycles. The van der Waals surface area contributed by atoms with Crippen molar-refractivity contribution < 1.29 is 9.13 Å². The molecule has 3 aromatic rings. The lowest BCUT2D eigenvalue weighted by Gasteiger charge is -2.09. The molecule has 0 aliphatic heterocycles. The quantitative estimate of drug-likeness (QED) is 0.643. The minimum absolute atomic E-state index is 0.194. The van der Waals surface area contributed by atoms with Crippen LogP contribution in [0.3, 0.4) is 0 Å². The molecule has 3 aromatic heterocycles. The molecule has 148 valence electrons. The first kappa shape index (κ1) is 21.5. The van der Waals surface area contributed by atoms with Crippen LogP contribution in [-0.2, 0) is 14.1 Å². The Labute approximate surface area is 171 Å². The summed E-state index contributed by atoms with van der Waals surface area (Å²) in [6.45, 7) is 6.73. The average Bonchev–Trinajstić information content (AvgIpc) is 2.63. The predicted molar refractivity (Wildman–Crippen MR) is 112 cm³/mol. The van der Waals surface area contributed by atoms with E-state index >= 15 is 0 Å². The number of nitrogens with zero attached hydrogens (tertiary/aromatic N) is 5. The molecule has 28 heavy (non-hydrogen) atoms. The van der Waals surface area contributed by atoms with E-state index in [1.807, 2.05) is 44.0 Å². The fourth-order valence-corrected chi connectivity index (χ4v) is 2.46. The van der Waals surface area contributed by atoms with Crippen molar-refractivity contribution in [1.29, 1.82) is 0 Å². The van der Waals surface area contributed by atoms with E-state index in [9.17, 15) is 0 Å². The maximum absolute atomic E-state index is 5.73. The van der Waals surface area contributed by atoms with Crippen molar-refractivity contribution in [2.45, 2.75) is 26.8 Å². The highest BCUT2D eigenvalue weighted by Gasteiger charge is 2.04. The fourth-order valence-electron chi connectivity index (χ4n) is 2.30. The lowest BCUT2D eigenvalue weighted by Crippen LogP contribution is -2.26. The van der Waals surface area contributed by atoms with Gasteiger partial charge in [-0.05, 0) is 43.5 Å². The van der Waals surface area contributed by atoms with Gasteiger partial charge in [0.15, 0.2) is 24.8 Å². The third-order valence-electron chi connectivity index (χ3n) is 3.65. The van der Waals surface area contributed by atoms with E-state index in [-0.39, 0.29) is 11.3 Å². The molecule has 0 aliphatic rings. The Morgan fingerprint density at radius 1 is 0.857 bits per heavy atom. The monoisotopic (exact) mass is 401 g/mol. The first-order valence-electron chi connectivity index (χ1n) is 9.20. The van der Waals surface area contributed by atoms with E-state index in [4.69, 9.17) is 11.6 Å². The van der Waals surface area contributed by atoms with Gasteiger partial charge < -0.3 is 10.6 Å². The SMILES string of the molecule is CCNc1nc(Cl)nc(NC(C)C)n1.C[n+]1ccc(-c2cc[n+](C)cc2)cc1. The smallest absolute Gasteiger partial charge is 0.228 e. The number of aromatic nitrogens is 5. The van der Waals surface area contributed by atoms with Crippen molar-refractivity contribution in [2.75, 3.05) is 17.2 Å².